The molecule has 9 heteroatoms. The largest absolute Gasteiger partial charge is 0.493 e. The maximum absolute atomic E-state index is 13.6. The van der Waals surface area contributed by atoms with Crippen LogP contribution < -0.4 is 20.9 Å². The van der Waals surface area contributed by atoms with Crippen molar-refractivity contribution in [3.8, 4) is 22.6 Å². The van der Waals surface area contributed by atoms with E-state index in [0.717, 1.165) is 5.56 Å². The predicted molar refractivity (Wildman–Crippen MR) is 140 cm³/mol. The van der Waals surface area contributed by atoms with Gasteiger partial charge in [-0.2, -0.15) is 0 Å². The minimum atomic E-state index is -0.680. The van der Waals surface area contributed by atoms with Crippen LogP contribution in [0, 0.1) is 0 Å². The Balaban J connectivity index is 1.53. The lowest BCUT2D eigenvalue weighted by atomic mass is 9.95. The van der Waals surface area contributed by atoms with Gasteiger partial charge < -0.3 is 10.1 Å². The number of hydrogen-bond acceptors (Lipinski definition) is 5. The summed E-state index contributed by atoms with van der Waals surface area (Å²) in [7, 11) is 0. The van der Waals surface area contributed by atoms with E-state index in [4.69, 9.17) is 16.3 Å². The lowest BCUT2D eigenvalue weighted by molar-refractivity contribution is -0.122. The van der Waals surface area contributed by atoms with Crippen LogP contribution in [0.1, 0.15) is 17.0 Å². The van der Waals surface area contributed by atoms with E-state index in [1.165, 1.54) is 4.57 Å². The number of amides is 3. The molecule has 0 aliphatic carbocycles. The first kappa shape index (κ1) is 24.3. The smallest absolute Gasteiger partial charge is 0.321 e. The molecule has 37 heavy (non-hydrogen) atoms. The number of aromatic nitrogens is 2. The van der Waals surface area contributed by atoms with Crippen LogP contribution >= 0.6 is 11.6 Å². The van der Waals surface area contributed by atoms with Gasteiger partial charge in [0.05, 0.1) is 24.4 Å². The molecule has 1 fully saturated rings. The number of nitrogens with one attached hydrogen (secondary N) is 2. The third-order valence-electron chi connectivity index (χ3n) is 6.07. The number of urea groups is 1. The highest BCUT2D eigenvalue weighted by Crippen LogP contribution is 2.29. The molecule has 5 rings (SSSR count). The summed E-state index contributed by atoms with van der Waals surface area (Å²) in [6.07, 6.45) is 5.49. The first-order chi connectivity index (χ1) is 18.0. The van der Waals surface area contributed by atoms with Crippen LogP contribution in [-0.4, -0.2) is 34.6 Å². The SMILES string of the molecule is O=C1NCC(c2cc(-c3cc(Cl)cc(OCCc4ccccc4)c3)c(=O)n(-c3cccnc3)c2)C(=O)N1. The van der Waals surface area contributed by atoms with E-state index < -0.39 is 17.9 Å². The first-order valence-corrected chi connectivity index (χ1v) is 12.1. The van der Waals surface area contributed by atoms with Gasteiger partial charge in [-0.1, -0.05) is 41.9 Å². The molecule has 1 aliphatic rings. The average Bonchev–Trinajstić information content (AvgIpc) is 2.90. The summed E-state index contributed by atoms with van der Waals surface area (Å²) < 4.78 is 7.41. The van der Waals surface area contributed by atoms with Gasteiger partial charge in [0.15, 0.2) is 0 Å². The molecular formula is C28H23ClN4O4. The predicted octanol–water partition coefficient (Wildman–Crippen LogP) is 4.10. The highest BCUT2D eigenvalue weighted by molar-refractivity contribution is 6.31. The molecule has 0 saturated carbocycles. The number of halogens is 1. The van der Waals surface area contributed by atoms with Crippen LogP contribution in [0.5, 0.6) is 5.75 Å². The fourth-order valence-electron chi connectivity index (χ4n) is 4.22. The molecule has 3 amide bonds. The monoisotopic (exact) mass is 514 g/mol. The van der Waals surface area contributed by atoms with Crippen molar-refractivity contribution in [2.24, 2.45) is 0 Å². The van der Waals surface area contributed by atoms with Crippen molar-refractivity contribution < 1.29 is 14.3 Å². The summed E-state index contributed by atoms with van der Waals surface area (Å²) in [4.78, 5) is 42.0. The molecule has 1 aliphatic heterocycles. The van der Waals surface area contributed by atoms with Crippen LogP contribution in [0.2, 0.25) is 5.02 Å². The van der Waals surface area contributed by atoms with Gasteiger partial charge in [0, 0.05) is 35.9 Å². The van der Waals surface area contributed by atoms with E-state index in [-0.39, 0.29) is 12.1 Å². The number of rotatable bonds is 7. The van der Waals surface area contributed by atoms with Crippen LogP contribution in [0.3, 0.4) is 0 Å². The Hall–Kier alpha value is -4.43. The van der Waals surface area contributed by atoms with Gasteiger partial charge in [-0.25, -0.2) is 4.79 Å². The van der Waals surface area contributed by atoms with E-state index in [2.05, 4.69) is 15.6 Å². The Bertz CT molecular complexity index is 1510. The van der Waals surface area contributed by atoms with E-state index in [1.54, 1.807) is 55.0 Å². The zero-order valence-corrected chi connectivity index (χ0v) is 20.4. The van der Waals surface area contributed by atoms with Gasteiger partial charge in [0.2, 0.25) is 5.91 Å². The van der Waals surface area contributed by atoms with Crippen LogP contribution in [0.15, 0.2) is 90.1 Å². The van der Waals surface area contributed by atoms with Crippen molar-refractivity contribution in [2.45, 2.75) is 12.3 Å². The third-order valence-corrected chi connectivity index (χ3v) is 6.29. The molecule has 0 radical (unpaired) electrons. The minimum Gasteiger partial charge on any atom is -0.493 e. The molecule has 186 valence electrons. The van der Waals surface area contributed by atoms with E-state index in [1.807, 2.05) is 30.3 Å². The molecule has 0 spiro atoms. The van der Waals surface area contributed by atoms with E-state index in [0.29, 0.717) is 46.2 Å². The molecule has 4 aromatic rings. The maximum Gasteiger partial charge on any atom is 0.321 e. The molecule has 1 saturated heterocycles. The van der Waals surface area contributed by atoms with Crippen molar-refractivity contribution >= 4 is 23.5 Å². The number of hydrogen-bond donors (Lipinski definition) is 2. The van der Waals surface area contributed by atoms with E-state index >= 15 is 0 Å². The quantitative estimate of drug-likeness (QED) is 0.386. The normalized spacial score (nSPS) is 15.1. The number of ether oxygens (including phenoxy) is 1. The number of carbonyl (C=O) groups excluding carboxylic acids is 2. The summed E-state index contributed by atoms with van der Waals surface area (Å²) in [6.45, 7) is 0.546. The number of benzene rings is 2. The Kier molecular flexibility index (Phi) is 7.00. The lowest BCUT2D eigenvalue weighted by Crippen LogP contribution is -2.51. The second-order valence-corrected chi connectivity index (χ2v) is 9.02. The summed E-state index contributed by atoms with van der Waals surface area (Å²) in [6, 6.07) is 19.7. The molecule has 2 N–H and O–H groups in total. The van der Waals surface area contributed by atoms with Gasteiger partial charge in [-0.3, -0.25) is 24.5 Å². The summed E-state index contributed by atoms with van der Waals surface area (Å²) in [5.41, 5.74) is 2.82. The fourth-order valence-corrected chi connectivity index (χ4v) is 4.45. The maximum atomic E-state index is 13.6. The summed E-state index contributed by atoms with van der Waals surface area (Å²) in [5.74, 6) is -0.596. The Labute approximate surface area is 217 Å². The number of imide groups is 1. The zero-order valence-electron chi connectivity index (χ0n) is 19.7. The molecule has 1 atom stereocenters. The fraction of sp³-hybridized carbons (Fsp3) is 0.143. The number of nitrogens with zero attached hydrogens (tertiary/aromatic N) is 2. The zero-order chi connectivity index (χ0) is 25.8. The van der Waals surface area contributed by atoms with Crippen molar-refractivity contribution in [3.05, 3.63) is 112 Å². The first-order valence-electron chi connectivity index (χ1n) is 11.7. The minimum absolute atomic E-state index is 0.110. The second-order valence-electron chi connectivity index (χ2n) is 8.59. The molecule has 1 unspecified atom stereocenters. The van der Waals surface area contributed by atoms with Crippen molar-refractivity contribution in [2.75, 3.05) is 13.2 Å². The van der Waals surface area contributed by atoms with Crippen LogP contribution in [0.4, 0.5) is 4.79 Å². The lowest BCUT2D eigenvalue weighted by Gasteiger charge is -2.23. The summed E-state index contributed by atoms with van der Waals surface area (Å²) in [5, 5.41) is 5.33. The topological polar surface area (TPSA) is 102 Å². The molecule has 3 heterocycles. The van der Waals surface area contributed by atoms with Gasteiger partial charge in [0.1, 0.15) is 5.75 Å². The Morgan fingerprint density at radius 2 is 1.86 bits per heavy atom. The van der Waals surface area contributed by atoms with Crippen LogP contribution in [0.25, 0.3) is 16.8 Å². The van der Waals surface area contributed by atoms with Gasteiger partial charge >= 0.3 is 6.03 Å². The molecule has 8 nitrogen and oxygen atoms in total. The molecule has 2 aromatic carbocycles. The second kappa shape index (κ2) is 10.7. The highest BCUT2D eigenvalue weighted by Gasteiger charge is 2.29. The number of pyridine rings is 2. The third kappa shape index (κ3) is 5.54. The van der Waals surface area contributed by atoms with Crippen molar-refractivity contribution in [1.82, 2.24) is 20.2 Å². The van der Waals surface area contributed by atoms with Crippen molar-refractivity contribution in [3.63, 3.8) is 0 Å². The molecular weight excluding hydrogens is 492 g/mol. The van der Waals surface area contributed by atoms with Gasteiger partial charge in [-0.05, 0) is 53.1 Å². The average molecular weight is 515 g/mol. The van der Waals surface area contributed by atoms with E-state index in [9.17, 15) is 14.4 Å². The highest BCUT2D eigenvalue weighted by atomic mass is 35.5. The standard InChI is InChI=1S/C28H23ClN4O4/c29-21-11-19(12-23(14-21)37-10-8-18-5-2-1-3-6-18)24-13-20(25-16-31-28(36)32-26(25)34)17-33(27(24)35)22-7-4-9-30-15-22/h1-7,9,11-15,17,25H,8,10,16H2,(H2,31,32,34,36). The Morgan fingerprint density at radius 3 is 2.62 bits per heavy atom. The molecule has 2 aromatic heterocycles. The van der Waals surface area contributed by atoms with Crippen LogP contribution in [-0.2, 0) is 11.2 Å². The summed E-state index contributed by atoms with van der Waals surface area (Å²) >= 11 is 6.42. The van der Waals surface area contributed by atoms with Gasteiger partial charge in [0.25, 0.3) is 5.56 Å². The van der Waals surface area contributed by atoms with Gasteiger partial charge in [-0.15, -0.1) is 0 Å². The molecule has 0 bridgehead atoms. The van der Waals surface area contributed by atoms with Crippen molar-refractivity contribution in [1.29, 1.82) is 0 Å². The number of carbonyl (C=O) groups is 2. The Morgan fingerprint density at radius 1 is 1.03 bits per heavy atom.